The predicted molar refractivity (Wildman–Crippen MR) is 94.0 cm³/mol. The Hall–Kier alpha value is -1.81. The Labute approximate surface area is 152 Å². The van der Waals surface area contributed by atoms with Crippen LogP contribution in [-0.2, 0) is 15.0 Å². The molecule has 0 radical (unpaired) electrons. The number of carboxylic acid groups (broad SMARTS) is 1. The van der Waals surface area contributed by atoms with Crippen molar-refractivity contribution in [3.05, 3.63) is 41.7 Å². The highest BCUT2D eigenvalue weighted by Gasteiger charge is 2.38. The lowest BCUT2D eigenvalue weighted by Gasteiger charge is -2.31. The maximum absolute atomic E-state index is 13.0. The van der Waals surface area contributed by atoms with Gasteiger partial charge in [-0.25, -0.2) is 4.39 Å². The first-order valence-electron chi connectivity index (χ1n) is 8.29. The average molecular weight is 386 g/mol. The van der Waals surface area contributed by atoms with Crippen molar-refractivity contribution in [2.24, 2.45) is 5.92 Å². The molecule has 2 rings (SSSR count). The molecule has 1 aliphatic rings. The van der Waals surface area contributed by atoms with Gasteiger partial charge in [0.25, 0.3) is 0 Å². The molecule has 1 heterocycles. The first-order valence-corrected chi connectivity index (χ1v) is 9.68. The van der Waals surface area contributed by atoms with E-state index in [9.17, 15) is 27.9 Å². The second-order valence-corrected chi connectivity index (χ2v) is 8.39. The summed E-state index contributed by atoms with van der Waals surface area (Å²) < 4.78 is 39.1. The molecule has 1 atom stereocenters. The zero-order valence-electron chi connectivity index (χ0n) is 14.7. The van der Waals surface area contributed by atoms with E-state index in [0.29, 0.717) is 6.42 Å². The standard InChI is InChI=1S/C17H23FN2O5S/c1-12(2)11-16(17(21)22)20(23)26(24,25)19-9-7-14(8-10-19)13-3-5-15(18)6-4-13/h3-7,12,16,23H,8-11H2,1-2H3,(H,21,22)/t16-/m1/s1. The normalized spacial score (nSPS) is 17.4. The molecule has 0 saturated carbocycles. The molecule has 1 aromatic carbocycles. The van der Waals surface area contributed by atoms with Crippen LogP contribution in [-0.4, -0.2) is 52.6 Å². The zero-order chi connectivity index (χ0) is 19.5. The van der Waals surface area contributed by atoms with Gasteiger partial charge < -0.3 is 5.11 Å². The van der Waals surface area contributed by atoms with Crippen LogP contribution in [0.25, 0.3) is 5.57 Å². The smallest absolute Gasteiger partial charge is 0.324 e. The number of rotatable bonds is 7. The summed E-state index contributed by atoms with van der Waals surface area (Å²) >= 11 is 0. The van der Waals surface area contributed by atoms with E-state index in [1.807, 2.05) is 0 Å². The van der Waals surface area contributed by atoms with Crippen LogP contribution >= 0.6 is 0 Å². The first kappa shape index (κ1) is 20.5. The first-order chi connectivity index (χ1) is 12.1. The van der Waals surface area contributed by atoms with Crippen LogP contribution in [0.3, 0.4) is 0 Å². The maximum Gasteiger partial charge on any atom is 0.324 e. The summed E-state index contributed by atoms with van der Waals surface area (Å²) in [5, 5.41) is 19.3. The van der Waals surface area contributed by atoms with Gasteiger partial charge >= 0.3 is 16.2 Å². The van der Waals surface area contributed by atoms with Crippen molar-refractivity contribution < 1.29 is 27.9 Å². The van der Waals surface area contributed by atoms with Gasteiger partial charge in [-0.05, 0) is 42.0 Å². The minimum atomic E-state index is -4.33. The van der Waals surface area contributed by atoms with Crippen molar-refractivity contribution >= 4 is 21.8 Å². The van der Waals surface area contributed by atoms with Crippen LogP contribution in [0.15, 0.2) is 30.3 Å². The Balaban J connectivity index is 2.15. The molecule has 0 fully saturated rings. The topological polar surface area (TPSA) is 98.1 Å². The minimum absolute atomic E-state index is 0.000120. The van der Waals surface area contributed by atoms with Gasteiger partial charge in [-0.1, -0.05) is 36.5 Å². The summed E-state index contributed by atoms with van der Waals surface area (Å²) in [5.41, 5.74) is 1.67. The predicted octanol–water partition coefficient (Wildman–Crippen LogP) is 2.35. The van der Waals surface area contributed by atoms with Gasteiger partial charge in [-0.15, -0.1) is 0 Å². The van der Waals surface area contributed by atoms with E-state index >= 15 is 0 Å². The van der Waals surface area contributed by atoms with Crippen LogP contribution in [0.2, 0.25) is 0 Å². The van der Waals surface area contributed by atoms with Gasteiger partial charge in [-0.3, -0.25) is 10.0 Å². The van der Waals surface area contributed by atoms with E-state index in [1.165, 1.54) is 12.1 Å². The molecule has 1 aliphatic heterocycles. The molecule has 26 heavy (non-hydrogen) atoms. The van der Waals surface area contributed by atoms with Crippen molar-refractivity contribution in [3.63, 3.8) is 0 Å². The van der Waals surface area contributed by atoms with Gasteiger partial charge in [0, 0.05) is 13.1 Å². The zero-order valence-corrected chi connectivity index (χ0v) is 15.5. The van der Waals surface area contributed by atoms with E-state index in [0.717, 1.165) is 15.4 Å². The van der Waals surface area contributed by atoms with Crippen LogP contribution in [0, 0.1) is 11.7 Å². The third-order valence-electron chi connectivity index (χ3n) is 4.20. The van der Waals surface area contributed by atoms with Crippen molar-refractivity contribution in [3.8, 4) is 0 Å². The van der Waals surface area contributed by atoms with Gasteiger partial charge in [0.15, 0.2) is 0 Å². The monoisotopic (exact) mass is 386 g/mol. The molecular weight excluding hydrogens is 363 g/mol. The SMILES string of the molecule is CC(C)C[C@H](C(=O)O)N(O)S(=O)(=O)N1CC=C(c2ccc(F)cc2)CC1. The summed E-state index contributed by atoms with van der Waals surface area (Å²) in [6.45, 7) is 3.58. The molecule has 0 aromatic heterocycles. The summed E-state index contributed by atoms with van der Waals surface area (Å²) in [7, 11) is -4.33. The van der Waals surface area contributed by atoms with E-state index in [1.54, 1.807) is 32.1 Å². The quantitative estimate of drug-likeness (QED) is 0.701. The number of halogens is 1. The number of carboxylic acids is 1. The number of carbonyl (C=O) groups is 1. The highest BCUT2D eigenvalue weighted by Crippen LogP contribution is 2.25. The molecular formula is C17H23FN2O5S. The number of hydroxylamine groups is 1. The third kappa shape index (κ3) is 4.67. The van der Waals surface area contributed by atoms with Gasteiger partial charge in [-0.2, -0.15) is 12.7 Å². The summed E-state index contributed by atoms with van der Waals surface area (Å²) in [5.74, 6) is -1.85. The maximum atomic E-state index is 13.0. The lowest BCUT2D eigenvalue weighted by Crippen LogP contribution is -2.51. The number of aliphatic carboxylic acids is 1. The van der Waals surface area contributed by atoms with E-state index in [2.05, 4.69) is 0 Å². The van der Waals surface area contributed by atoms with Crippen molar-refractivity contribution in [2.45, 2.75) is 32.7 Å². The van der Waals surface area contributed by atoms with Crippen LogP contribution in [0.1, 0.15) is 32.3 Å². The molecule has 7 nitrogen and oxygen atoms in total. The van der Waals surface area contributed by atoms with Crippen LogP contribution in [0.4, 0.5) is 4.39 Å². The Kier molecular flexibility index (Phi) is 6.51. The van der Waals surface area contributed by atoms with Crippen molar-refractivity contribution in [1.29, 1.82) is 0 Å². The van der Waals surface area contributed by atoms with Gasteiger partial charge in [0.1, 0.15) is 11.9 Å². The van der Waals surface area contributed by atoms with E-state index in [4.69, 9.17) is 0 Å². The van der Waals surface area contributed by atoms with Crippen LogP contribution < -0.4 is 0 Å². The second kappa shape index (κ2) is 8.26. The third-order valence-corrected chi connectivity index (χ3v) is 5.91. The molecule has 0 amide bonds. The number of benzene rings is 1. The number of hydrogen-bond acceptors (Lipinski definition) is 4. The fraction of sp³-hybridized carbons (Fsp3) is 0.471. The van der Waals surface area contributed by atoms with Crippen molar-refractivity contribution in [1.82, 2.24) is 8.77 Å². The Morgan fingerprint density at radius 1 is 1.31 bits per heavy atom. The molecule has 0 spiro atoms. The van der Waals surface area contributed by atoms with Crippen molar-refractivity contribution in [2.75, 3.05) is 13.1 Å². The molecule has 2 N–H and O–H groups in total. The Morgan fingerprint density at radius 2 is 1.92 bits per heavy atom. The number of nitrogens with zero attached hydrogens (tertiary/aromatic N) is 2. The molecule has 0 bridgehead atoms. The summed E-state index contributed by atoms with van der Waals surface area (Å²) in [6, 6.07) is 4.36. The largest absolute Gasteiger partial charge is 0.480 e. The molecule has 1 aromatic rings. The Bertz CT molecular complexity index is 777. The molecule has 0 aliphatic carbocycles. The van der Waals surface area contributed by atoms with Gasteiger partial charge in [0.05, 0.1) is 0 Å². The molecule has 9 heteroatoms. The minimum Gasteiger partial charge on any atom is -0.480 e. The molecule has 0 saturated heterocycles. The van der Waals surface area contributed by atoms with E-state index in [-0.39, 0.29) is 35.7 Å². The molecule has 144 valence electrons. The van der Waals surface area contributed by atoms with Crippen LogP contribution in [0.5, 0.6) is 0 Å². The van der Waals surface area contributed by atoms with Gasteiger partial charge in [0.2, 0.25) is 0 Å². The average Bonchev–Trinajstić information content (AvgIpc) is 2.59. The fourth-order valence-electron chi connectivity index (χ4n) is 2.80. The second-order valence-electron chi connectivity index (χ2n) is 6.61. The highest BCUT2D eigenvalue weighted by molar-refractivity contribution is 7.86. The van der Waals surface area contributed by atoms with E-state index < -0.39 is 22.2 Å². The summed E-state index contributed by atoms with van der Waals surface area (Å²) in [6.07, 6.45) is 2.05. The summed E-state index contributed by atoms with van der Waals surface area (Å²) in [4.78, 5) is 11.3. The lowest BCUT2D eigenvalue weighted by molar-refractivity contribution is -0.153. The lowest BCUT2D eigenvalue weighted by atomic mass is 10.0. The number of hydrogen-bond donors (Lipinski definition) is 2. The highest BCUT2D eigenvalue weighted by atomic mass is 32.2. The molecule has 0 unspecified atom stereocenters. The Morgan fingerprint density at radius 3 is 2.38 bits per heavy atom. The fourth-order valence-corrected chi connectivity index (χ4v) is 4.12.